The van der Waals surface area contributed by atoms with Crippen molar-refractivity contribution in [1.29, 1.82) is 0 Å². The fourth-order valence-electron chi connectivity index (χ4n) is 2.07. The van der Waals surface area contributed by atoms with E-state index in [9.17, 15) is 0 Å². The van der Waals surface area contributed by atoms with Gasteiger partial charge in [-0.3, -0.25) is 0 Å². The maximum absolute atomic E-state index is 5.48. The van der Waals surface area contributed by atoms with E-state index in [-0.39, 0.29) is 0 Å². The van der Waals surface area contributed by atoms with Crippen LogP contribution in [-0.4, -0.2) is 30.7 Å². The van der Waals surface area contributed by atoms with E-state index in [1.807, 2.05) is 37.1 Å². The first-order chi connectivity index (χ1) is 10.2. The zero-order chi connectivity index (χ0) is 15.2. The number of ether oxygens (including phenoxy) is 1. The van der Waals surface area contributed by atoms with Gasteiger partial charge in [-0.25, -0.2) is 9.97 Å². The lowest BCUT2D eigenvalue weighted by Gasteiger charge is -2.22. The highest BCUT2D eigenvalue weighted by Gasteiger charge is 2.16. The molecule has 1 heterocycles. The van der Waals surface area contributed by atoms with Crippen LogP contribution in [0.4, 0.5) is 11.6 Å². The van der Waals surface area contributed by atoms with Gasteiger partial charge in [0.15, 0.2) is 11.6 Å². The molecule has 0 aliphatic heterocycles. The van der Waals surface area contributed by atoms with Crippen molar-refractivity contribution in [3.05, 3.63) is 40.6 Å². The number of hydrogen-bond donors (Lipinski definition) is 1. The smallest absolute Gasteiger partial charge is 0.204 e. The Balaban J connectivity index is 2.28. The topological polar surface area (TPSA) is 50.3 Å². The van der Waals surface area contributed by atoms with Crippen LogP contribution in [0, 0.1) is 0 Å². The molecule has 1 aromatic heterocycles. The average Bonchev–Trinajstić information content (AvgIpc) is 2.49. The molecular formula is C15H19BrN4O. The average molecular weight is 351 g/mol. The predicted octanol–water partition coefficient (Wildman–Crippen LogP) is 3.32. The predicted molar refractivity (Wildman–Crippen MR) is 89.0 cm³/mol. The van der Waals surface area contributed by atoms with Gasteiger partial charge in [-0.1, -0.05) is 34.1 Å². The minimum atomic E-state index is 0.661. The molecular weight excluding hydrogens is 332 g/mol. The minimum Gasteiger partial charge on any atom is -0.490 e. The number of anilines is 2. The summed E-state index contributed by atoms with van der Waals surface area (Å²) in [6.45, 7) is 3.52. The number of benzene rings is 1. The van der Waals surface area contributed by atoms with Crippen molar-refractivity contribution in [3.8, 4) is 5.75 Å². The first-order valence-electron chi connectivity index (χ1n) is 6.74. The molecule has 2 rings (SSSR count). The minimum absolute atomic E-state index is 0.661. The number of halogens is 1. The molecule has 0 unspecified atom stereocenters. The van der Waals surface area contributed by atoms with E-state index >= 15 is 0 Å². The van der Waals surface area contributed by atoms with Crippen molar-refractivity contribution < 1.29 is 4.74 Å². The van der Waals surface area contributed by atoms with Gasteiger partial charge in [-0.15, -0.1) is 0 Å². The summed E-state index contributed by atoms with van der Waals surface area (Å²) in [7, 11) is 3.62. The van der Waals surface area contributed by atoms with Gasteiger partial charge in [-0.05, 0) is 18.6 Å². The molecule has 1 aromatic carbocycles. The molecule has 0 aliphatic rings. The molecule has 0 amide bonds. The molecule has 0 atom stereocenters. The second-order valence-electron chi connectivity index (χ2n) is 4.56. The Kier molecular flexibility index (Phi) is 5.38. The fraction of sp³-hybridized carbons (Fsp3) is 0.333. The van der Waals surface area contributed by atoms with E-state index < -0.39 is 0 Å². The molecule has 5 nitrogen and oxygen atoms in total. The summed E-state index contributed by atoms with van der Waals surface area (Å²) in [5.41, 5.74) is 1.19. The summed E-state index contributed by atoms with van der Waals surface area (Å²) in [5, 5.41) is 3.19. The third-order valence-electron chi connectivity index (χ3n) is 3.06. The molecule has 1 N–H and O–H groups in total. The zero-order valence-electron chi connectivity index (χ0n) is 12.4. The van der Waals surface area contributed by atoms with Crippen LogP contribution in [0.1, 0.15) is 12.5 Å². The Labute approximate surface area is 133 Å². The Morgan fingerprint density at radius 2 is 2.05 bits per heavy atom. The Morgan fingerprint density at radius 1 is 1.29 bits per heavy atom. The second kappa shape index (κ2) is 7.26. The van der Waals surface area contributed by atoms with E-state index in [0.29, 0.717) is 11.6 Å². The van der Waals surface area contributed by atoms with Gasteiger partial charge < -0.3 is 15.0 Å². The summed E-state index contributed by atoms with van der Waals surface area (Å²) in [4.78, 5) is 10.6. The van der Waals surface area contributed by atoms with Crippen LogP contribution in [0.15, 0.2) is 35.1 Å². The first kappa shape index (κ1) is 15.6. The summed E-state index contributed by atoms with van der Waals surface area (Å²) in [6.07, 6.45) is 1.55. The quantitative estimate of drug-likeness (QED) is 0.865. The van der Waals surface area contributed by atoms with Crippen LogP contribution in [0.3, 0.4) is 0 Å². The third-order valence-corrected chi connectivity index (χ3v) is 3.83. The van der Waals surface area contributed by atoms with Gasteiger partial charge in [-0.2, -0.15) is 0 Å². The summed E-state index contributed by atoms with van der Waals surface area (Å²) in [5.74, 6) is 2.14. The van der Waals surface area contributed by atoms with Crippen molar-refractivity contribution in [2.24, 2.45) is 0 Å². The molecule has 0 aliphatic carbocycles. The Morgan fingerprint density at radius 3 is 2.71 bits per heavy atom. The van der Waals surface area contributed by atoms with Crippen molar-refractivity contribution in [1.82, 2.24) is 9.97 Å². The van der Waals surface area contributed by atoms with Crippen LogP contribution in [0.2, 0.25) is 0 Å². The highest BCUT2D eigenvalue weighted by Crippen LogP contribution is 2.32. The van der Waals surface area contributed by atoms with Crippen molar-refractivity contribution in [3.63, 3.8) is 0 Å². The SMILES string of the molecule is CCNc1ncnc(N(C)Cc2ccccc2Br)c1OC. The number of methoxy groups -OCH3 is 1. The molecule has 0 spiro atoms. The van der Waals surface area contributed by atoms with Gasteiger partial charge in [0.25, 0.3) is 0 Å². The molecule has 6 heteroatoms. The molecule has 2 aromatic rings. The number of nitrogens with zero attached hydrogens (tertiary/aromatic N) is 3. The Hall–Kier alpha value is -1.82. The zero-order valence-corrected chi connectivity index (χ0v) is 14.0. The van der Waals surface area contributed by atoms with Gasteiger partial charge in [0, 0.05) is 24.6 Å². The van der Waals surface area contributed by atoms with Gasteiger partial charge >= 0.3 is 0 Å². The van der Waals surface area contributed by atoms with Gasteiger partial charge in [0.2, 0.25) is 5.75 Å². The fourth-order valence-corrected chi connectivity index (χ4v) is 2.48. The molecule has 0 radical (unpaired) electrons. The summed E-state index contributed by atoms with van der Waals surface area (Å²) < 4.78 is 6.56. The van der Waals surface area contributed by atoms with Crippen LogP contribution < -0.4 is 15.0 Å². The van der Waals surface area contributed by atoms with Crippen molar-refractivity contribution >= 4 is 27.6 Å². The van der Waals surface area contributed by atoms with Crippen LogP contribution in [-0.2, 0) is 6.54 Å². The van der Waals surface area contributed by atoms with Crippen molar-refractivity contribution in [2.45, 2.75) is 13.5 Å². The van der Waals surface area contributed by atoms with Gasteiger partial charge in [0.1, 0.15) is 6.33 Å². The van der Waals surface area contributed by atoms with Crippen molar-refractivity contribution in [2.75, 3.05) is 30.9 Å². The van der Waals surface area contributed by atoms with Crippen LogP contribution in [0.25, 0.3) is 0 Å². The highest BCUT2D eigenvalue weighted by molar-refractivity contribution is 9.10. The standard InChI is InChI=1S/C15H19BrN4O/c1-4-17-14-13(21-3)15(19-10-18-14)20(2)9-11-7-5-6-8-12(11)16/h5-8,10H,4,9H2,1-3H3,(H,17,18,19). The lowest BCUT2D eigenvalue weighted by Crippen LogP contribution is -2.19. The summed E-state index contributed by atoms with van der Waals surface area (Å²) >= 11 is 3.57. The molecule has 21 heavy (non-hydrogen) atoms. The second-order valence-corrected chi connectivity index (χ2v) is 5.41. The number of hydrogen-bond acceptors (Lipinski definition) is 5. The first-order valence-corrected chi connectivity index (χ1v) is 7.54. The van der Waals surface area contributed by atoms with Gasteiger partial charge in [0.05, 0.1) is 7.11 Å². The lowest BCUT2D eigenvalue weighted by molar-refractivity contribution is 0.412. The van der Waals surface area contributed by atoms with E-state index in [2.05, 4.69) is 37.3 Å². The number of aromatic nitrogens is 2. The third kappa shape index (κ3) is 3.64. The molecule has 0 saturated heterocycles. The van der Waals surface area contributed by atoms with E-state index in [4.69, 9.17) is 4.74 Å². The monoisotopic (exact) mass is 350 g/mol. The number of nitrogens with one attached hydrogen (secondary N) is 1. The van der Waals surface area contributed by atoms with E-state index in [1.165, 1.54) is 5.56 Å². The largest absolute Gasteiger partial charge is 0.490 e. The molecule has 0 bridgehead atoms. The molecule has 112 valence electrons. The van der Waals surface area contributed by atoms with Crippen LogP contribution >= 0.6 is 15.9 Å². The van der Waals surface area contributed by atoms with E-state index in [0.717, 1.165) is 23.4 Å². The maximum Gasteiger partial charge on any atom is 0.204 e. The number of rotatable bonds is 6. The maximum atomic E-state index is 5.48. The van der Waals surface area contributed by atoms with Crippen LogP contribution in [0.5, 0.6) is 5.75 Å². The van der Waals surface area contributed by atoms with E-state index in [1.54, 1.807) is 13.4 Å². The Bertz CT molecular complexity index is 606. The molecule has 0 fully saturated rings. The summed E-state index contributed by atoms with van der Waals surface area (Å²) in [6, 6.07) is 8.14. The molecule has 0 saturated carbocycles. The normalized spacial score (nSPS) is 10.3. The lowest BCUT2D eigenvalue weighted by atomic mass is 10.2. The highest BCUT2D eigenvalue weighted by atomic mass is 79.9.